The van der Waals surface area contributed by atoms with Crippen LogP contribution >= 0.6 is 0 Å². The Bertz CT molecular complexity index is 35.4. The second-order valence-corrected chi connectivity index (χ2v) is 1.63. The third-order valence-electron chi connectivity index (χ3n) is 0.906. The molecule has 4 N–H and O–H groups in total. The fraction of sp³-hybridized carbons (Fsp3) is 1.00. The molecule has 0 aliphatic rings. The lowest BCUT2D eigenvalue weighted by molar-refractivity contribution is 0.284. The van der Waals surface area contributed by atoms with Crippen LogP contribution in [-0.4, -0.2) is 24.9 Å². The van der Waals surface area contributed by atoms with E-state index in [-0.39, 0.29) is 6.61 Å². The molecule has 0 bridgehead atoms. The lowest BCUT2D eigenvalue weighted by atomic mass is 10.3. The predicted molar refractivity (Wildman–Crippen MR) is 33.4 cm³/mol. The zero-order chi connectivity index (χ0) is 6.24. The Morgan fingerprint density at radius 3 is 2.62 bits per heavy atom. The van der Waals surface area contributed by atoms with Gasteiger partial charge in [-0.3, -0.25) is 0 Å². The SMILES string of the molecule is NCNCCCCO. The zero-order valence-electron chi connectivity index (χ0n) is 5.06. The van der Waals surface area contributed by atoms with E-state index in [2.05, 4.69) is 5.32 Å². The van der Waals surface area contributed by atoms with Crippen LogP contribution in [0.3, 0.4) is 0 Å². The molecule has 3 nitrogen and oxygen atoms in total. The highest BCUT2D eigenvalue weighted by molar-refractivity contribution is 4.41. The molecule has 0 aliphatic carbocycles. The topological polar surface area (TPSA) is 58.3 Å². The minimum atomic E-state index is 0.284. The molecule has 0 aromatic rings. The van der Waals surface area contributed by atoms with Crippen LogP contribution in [0.2, 0.25) is 0 Å². The number of aliphatic hydroxyl groups excluding tert-OH is 1. The number of nitrogens with one attached hydrogen (secondary N) is 1. The molecule has 50 valence electrons. The molecular weight excluding hydrogens is 104 g/mol. The second-order valence-electron chi connectivity index (χ2n) is 1.63. The van der Waals surface area contributed by atoms with Crippen LogP contribution in [0.5, 0.6) is 0 Å². The summed E-state index contributed by atoms with van der Waals surface area (Å²) in [7, 11) is 0. The van der Waals surface area contributed by atoms with Gasteiger partial charge in [0.25, 0.3) is 0 Å². The van der Waals surface area contributed by atoms with Gasteiger partial charge in [0.1, 0.15) is 0 Å². The summed E-state index contributed by atoms with van der Waals surface area (Å²) in [6, 6.07) is 0. The van der Waals surface area contributed by atoms with E-state index in [9.17, 15) is 0 Å². The Balaban J connectivity index is 2.53. The summed E-state index contributed by atoms with van der Waals surface area (Å²) in [5, 5.41) is 11.3. The van der Waals surface area contributed by atoms with E-state index in [1.165, 1.54) is 0 Å². The largest absolute Gasteiger partial charge is 0.396 e. The summed E-state index contributed by atoms with van der Waals surface area (Å²) in [5.41, 5.74) is 5.14. The Kier molecular flexibility index (Phi) is 6.78. The number of hydrogen-bond donors (Lipinski definition) is 3. The van der Waals surface area contributed by atoms with Gasteiger partial charge in [0.2, 0.25) is 0 Å². The van der Waals surface area contributed by atoms with Crippen LogP contribution in [-0.2, 0) is 0 Å². The highest BCUT2D eigenvalue weighted by atomic mass is 16.2. The zero-order valence-corrected chi connectivity index (χ0v) is 5.06. The van der Waals surface area contributed by atoms with E-state index in [4.69, 9.17) is 10.8 Å². The predicted octanol–water partition coefficient (Wildman–Crippen LogP) is -0.735. The van der Waals surface area contributed by atoms with Gasteiger partial charge in [-0.2, -0.15) is 0 Å². The first-order valence-electron chi connectivity index (χ1n) is 2.93. The van der Waals surface area contributed by atoms with Gasteiger partial charge in [-0.25, -0.2) is 0 Å². The number of rotatable bonds is 5. The summed E-state index contributed by atoms with van der Waals surface area (Å²) < 4.78 is 0. The highest BCUT2D eigenvalue weighted by Gasteiger charge is 1.82. The fourth-order valence-corrected chi connectivity index (χ4v) is 0.464. The molecule has 0 heterocycles. The van der Waals surface area contributed by atoms with Gasteiger partial charge in [-0.1, -0.05) is 0 Å². The minimum absolute atomic E-state index is 0.284. The number of unbranched alkanes of at least 4 members (excludes halogenated alkanes) is 1. The highest BCUT2D eigenvalue weighted by Crippen LogP contribution is 1.81. The molecule has 0 atom stereocenters. The first-order valence-corrected chi connectivity index (χ1v) is 2.93. The first-order chi connectivity index (χ1) is 3.91. The molecule has 0 fully saturated rings. The van der Waals surface area contributed by atoms with Crippen molar-refractivity contribution < 1.29 is 5.11 Å². The van der Waals surface area contributed by atoms with E-state index in [0.717, 1.165) is 19.4 Å². The number of nitrogens with two attached hydrogens (primary N) is 1. The van der Waals surface area contributed by atoms with Crippen LogP contribution in [0.1, 0.15) is 12.8 Å². The van der Waals surface area contributed by atoms with Crippen molar-refractivity contribution in [3.8, 4) is 0 Å². The van der Waals surface area contributed by atoms with Gasteiger partial charge < -0.3 is 16.2 Å². The second kappa shape index (κ2) is 6.88. The molecule has 0 spiro atoms. The van der Waals surface area contributed by atoms with Crippen LogP contribution < -0.4 is 11.1 Å². The average molecular weight is 118 g/mol. The van der Waals surface area contributed by atoms with Crippen molar-refractivity contribution in [2.24, 2.45) is 5.73 Å². The van der Waals surface area contributed by atoms with E-state index < -0.39 is 0 Å². The standard InChI is InChI=1S/C5H14N2O/c6-5-7-3-1-2-4-8/h7-8H,1-6H2. The lowest BCUT2D eigenvalue weighted by Gasteiger charge is -1.97. The molecule has 0 unspecified atom stereocenters. The normalized spacial score (nSPS) is 9.75. The summed E-state index contributed by atoms with van der Waals surface area (Å²) in [6.45, 7) is 1.73. The van der Waals surface area contributed by atoms with Crippen molar-refractivity contribution in [1.29, 1.82) is 0 Å². The minimum Gasteiger partial charge on any atom is -0.396 e. The van der Waals surface area contributed by atoms with Crippen molar-refractivity contribution in [1.82, 2.24) is 5.32 Å². The molecule has 0 aromatic heterocycles. The van der Waals surface area contributed by atoms with Gasteiger partial charge in [0.05, 0.1) is 0 Å². The van der Waals surface area contributed by atoms with E-state index >= 15 is 0 Å². The Morgan fingerprint density at radius 1 is 1.38 bits per heavy atom. The first kappa shape index (κ1) is 7.88. The molecule has 3 heteroatoms. The Labute approximate surface area is 49.9 Å². The van der Waals surface area contributed by atoms with Gasteiger partial charge in [0.15, 0.2) is 0 Å². The van der Waals surface area contributed by atoms with Crippen LogP contribution in [0.4, 0.5) is 0 Å². The Hall–Kier alpha value is -0.120. The summed E-state index contributed by atoms with van der Waals surface area (Å²) in [4.78, 5) is 0. The number of aliphatic hydroxyl groups is 1. The van der Waals surface area contributed by atoms with Crippen LogP contribution in [0.15, 0.2) is 0 Å². The van der Waals surface area contributed by atoms with E-state index in [1.54, 1.807) is 0 Å². The average Bonchev–Trinajstić information content (AvgIpc) is 1.81. The maximum absolute atomic E-state index is 8.31. The van der Waals surface area contributed by atoms with E-state index in [1.807, 2.05) is 0 Å². The molecule has 0 saturated heterocycles. The van der Waals surface area contributed by atoms with Gasteiger partial charge in [-0.05, 0) is 19.4 Å². The molecule has 8 heavy (non-hydrogen) atoms. The molecule has 0 aromatic carbocycles. The molecule has 0 radical (unpaired) electrons. The van der Waals surface area contributed by atoms with Crippen molar-refractivity contribution in [3.63, 3.8) is 0 Å². The molecule has 0 amide bonds. The summed E-state index contributed by atoms with van der Waals surface area (Å²) >= 11 is 0. The monoisotopic (exact) mass is 118 g/mol. The van der Waals surface area contributed by atoms with Gasteiger partial charge in [0, 0.05) is 13.3 Å². The summed E-state index contributed by atoms with van der Waals surface area (Å²) in [6.07, 6.45) is 1.88. The molecule has 0 rings (SSSR count). The van der Waals surface area contributed by atoms with E-state index in [0.29, 0.717) is 6.67 Å². The van der Waals surface area contributed by atoms with Crippen molar-refractivity contribution in [2.75, 3.05) is 19.8 Å². The quantitative estimate of drug-likeness (QED) is 0.329. The Morgan fingerprint density at radius 2 is 2.12 bits per heavy atom. The number of hydrogen-bond acceptors (Lipinski definition) is 3. The van der Waals surface area contributed by atoms with Crippen LogP contribution in [0.25, 0.3) is 0 Å². The van der Waals surface area contributed by atoms with Gasteiger partial charge >= 0.3 is 0 Å². The maximum atomic E-state index is 8.31. The lowest BCUT2D eigenvalue weighted by Crippen LogP contribution is -2.23. The van der Waals surface area contributed by atoms with Crippen molar-refractivity contribution in [3.05, 3.63) is 0 Å². The fourth-order valence-electron chi connectivity index (χ4n) is 0.464. The third-order valence-corrected chi connectivity index (χ3v) is 0.906. The summed E-state index contributed by atoms with van der Waals surface area (Å²) in [5.74, 6) is 0. The smallest absolute Gasteiger partial charge is 0.0431 e. The van der Waals surface area contributed by atoms with Gasteiger partial charge in [-0.15, -0.1) is 0 Å². The van der Waals surface area contributed by atoms with Crippen molar-refractivity contribution in [2.45, 2.75) is 12.8 Å². The maximum Gasteiger partial charge on any atom is 0.0431 e. The third kappa shape index (κ3) is 5.88. The van der Waals surface area contributed by atoms with Crippen LogP contribution in [0, 0.1) is 0 Å². The molecule has 0 saturated carbocycles. The van der Waals surface area contributed by atoms with Crippen molar-refractivity contribution >= 4 is 0 Å². The molecular formula is C5H14N2O. The molecule has 0 aliphatic heterocycles.